The summed E-state index contributed by atoms with van der Waals surface area (Å²) in [7, 11) is 0. The van der Waals surface area contributed by atoms with Crippen LogP contribution in [0, 0.1) is 11.8 Å². The van der Waals surface area contributed by atoms with E-state index in [1.807, 2.05) is 0 Å². The second-order valence-electron chi connectivity index (χ2n) is 6.63. The molecule has 5 heteroatoms. The summed E-state index contributed by atoms with van der Waals surface area (Å²) in [5, 5.41) is 3.92. The molecule has 2 heterocycles. The molecule has 0 N–H and O–H groups in total. The van der Waals surface area contributed by atoms with Crippen molar-refractivity contribution in [3.63, 3.8) is 0 Å². The van der Waals surface area contributed by atoms with Crippen LogP contribution >= 0.6 is 0 Å². The molecule has 2 aromatic rings. The Balaban J connectivity index is 1.43. The van der Waals surface area contributed by atoms with Crippen molar-refractivity contribution in [3.05, 3.63) is 30.2 Å². The molecule has 1 aliphatic rings. The first-order valence-electron chi connectivity index (χ1n) is 8.92. The van der Waals surface area contributed by atoms with Crippen LogP contribution in [-0.4, -0.2) is 11.1 Å². The number of carbonyl (C=O) groups is 1. The number of furan rings is 1. The lowest BCUT2D eigenvalue weighted by molar-refractivity contribution is -0.151. The van der Waals surface area contributed by atoms with Gasteiger partial charge in [0.1, 0.15) is 12.3 Å². The molecule has 0 atom stereocenters. The number of unbranched alkanes of at least 4 members (excludes halogenated alkanes) is 1. The van der Waals surface area contributed by atoms with E-state index in [9.17, 15) is 4.79 Å². The van der Waals surface area contributed by atoms with Gasteiger partial charge in [-0.1, -0.05) is 31.3 Å². The fraction of sp³-hybridized carbons (Fsp3) is 0.579. The molecule has 0 saturated heterocycles. The van der Waals surface area contributed by atoms with Gasteiger partial charge in [0, 0.05) is 6.07 Å². The predicted octanol–water partition coefficient (Wildman–Crippen LogP) is 4.97. The first kappa shape index (κ1) is 16.8. The molecule has 5 nitrogen and oxygen atoms in total. The molecule has 0 amide bonds. The van der Waals surface area contributed by atoms with Crippen molar-refractivity contribution >= 4 is 5.97 Å². The highest BCUT2D eigenvalue weighted by Crippen LogP contribution is 2.32. The highest BCUT2D eigenvalue weighted by Gasteiger charge is 2.27. The van der Waals surface area contributed by atoms with Crippen LogP contribution in [0.5, 0.6) is 0 Å². The van der Waals surface area contributed by atoms with E-state index in [0.717, 1.165) is 31.6 Å². The van der Waals surface area contributed by atoms with Gasteiger partial charge in [0.25, 0.3) is 0 Å². The van der Waals surface area contributed by atoms with Crippen molar-refractivity contribution < 1.29 is 18.5 Å². The lowest BCUT2D eigenvalue weighted by Gasteiger charge is -2.27. The third-order valence-corrected chi connectivity index (χ3v) is 4.83. The Kier molecular flexibility index (Phi) is 5.72. The summed E-state index contributed by atoms with van der Waals surface area (Å²) in [6.45, 7) is 2.38. The van der Waals surface area contributed by atoms with Gasteiger partial charge in [0.05, 0.1) is 12.2 Å². The largest absolute Gasteiger partial charge is 0.461 e. The van der Waals surface area contributed by atoms with E-state index < -0.39 is 0 Å². The van der Waals surface area contributed by atoms with E-state index in [1.165, 1.54) is 19.3 Å². The third-order valence-electron chi connectivity index (χ3n) is 4.83. The summed E-state index contributed by atoms with van der Waals surface area (Å²) in [6, 6.07) is 5.33. The minimum absolute atomic E-state index is 0.0410. The standard InChI is InChI=1S/C19H25NO4/c1-2-3-5-14-7-9-15(10-8-14)19(21)23-13-16-12-18(24-20-16)17-6-4-11-22-17/h4,6,11-12,14-15H,2-3,5,7-10,13H2,1H3. The number of carbonyl (C=O) groups excluding carboxylic acids is 1. The van der Waals surface area contributed by atoms with Gasteiger partial charge < -0.3 is 13.7 Å². The van der Waals surface area contributed by atoms with Gasteiger partial charge in [-0.2, -0.15) is 0 Å². The van der Waals surface area contributed by atoms with Gasteiger partial charge in [0.15, 0.2) is 5.76 Å². The Hall–Kier alpha value is -2.04. The number of hydrogen-bond donors (Lipinski definition) is 0. The van der Waals surface area contributed by atoms with Crippen LogP contribution in [0.25, 0.3) is 11.5 Å². The van der Waals surface area contributed by atoms with Gasteiger partial charge in [0.2, 0.25) is 5.76 Å². The van der Waals surface area contributed by atoms with Crippen LogP contribution in [0.2, 0.25) is 0 Å². The van der Waals surface area contributed by atoms with Gasteiger partial charge in [-0.25, -0.2) is 0 Å². The Bertz CT molecular complexity index is 624. The average Bonchev–Trinajstić information content (AvgIpc) is 3.29. The molecule has 1 aliphatic carbocycles. The van der Waals surface area contributed by atoms with Crippen LogP contribution in [0.4, 0.5) is 0 Å². The average molecular weight is 331 g/mol. The molecule has 0 aromatic carbocycles. The van der Waals surface area contributed by atoms with E-state index in [0.29, 0.717) is 17.2 Å². The topological polar surface area (TPSA) is 65.5 Å². The smallest absolute Gasteiger partial charge is 0.309 e. The van der Waals surface area contributed by atoms with Crippen molar-refractivity contribution in [2.75, 3.05) is 0 Å². The van der Waals surface area contributed by atoms with Gasteiger partial charge >= 0.3 is 5.97 Å². The molecular formula is C19H25NO4. The van der Waals surface area contributed by atoms with Crippen LogP contribution in [0.15, 0.2) is 33.4 Å². The number of nitrogens with zero attached hydrogens (tertiary/aromatic N) is 1. The molecule has 0 unspecified atom stereocenters. The van der Waals surface area contributed by atoms with Crippen LogP contribution in [0.3, 0.4) is 0 Å². The van der Waals surface area contributed by atoms with Crippen molar-refractivity contribution in [1.82, 2.24) is 5.16 Å². The second kappa shape index (κ2) is 8.18. The van der Waals surface area contributed by atoms with E-state index >= 15 is 0 Å². The van der Waals surface area contributed by atoms with Crippen molar-refractivity contribution in [2.24, 2.45) is 11.8 Å². The summed E-state index contributed by atoms with van der Waals surface area (Å²) in [6.07, 6.45) is 9.61. The van der Waals surface area contributed by atoms with Crippen LogP contribution < -0.4 is 0 Å². The third kappa shape index (κ3) is 4.28. The molecule has 130 valence electrons. The molecule has 2 aromatic heterocycles. The van der Waals surface area contributed by atoms with Crippen molar-refractivity contribution in [2.45, 2.75) is 58.5 Å². The highest BCUT2D eigenvalue weighted by atomic mass is 16.5. The quantitative estimate of drug-likeness (QED) is 0.670. The second-order valence-corrected chi connectivity index (χ2v) is 6.63. The summed E-state index contributed by atoms with van der Waals surface area (Å²) in [4.78, 5) is 12.2. The number of aromatic nitrogens is 1. The maximum atomic E-state index is 12.2. The van der Waals surface area contributed by atoms with Gasteiger partial charge in [-0.3, -0.25) is 4.79 Å². The van der Waals surface area contributed by atoms with Crippen molar-refractivity contribution in [3.8, 4) is 11.5 Å². The van der Waals surface area contributed by atoms with Gasteiger partial charge in [-0.15, -0.1) is 0 Å². The lowest BCUT2D eigenvalue weighted by Crippen LogP contribution is -2.23. The summed E-state index contributed by atoms with van der Waals surface area (Å²) in [5.41, 5.74) is 0.603. The summed E-state index contributed by atoms with van der Waals surface area (Å²) >= 11 is 0. The number of rotatable bonds is 7. The van der Waals surface area contributed by atoms with E-state index in [1.54, 1.807) is 24.5 Å². The van der Waals surface area contributed by atoms with E-state index in [4.69, 9.17) is 13.7 Å². The monoisotopic (exact) mass is 331 g/mol. The summed E-state index contributed by atoms with van der Waals surface area (Å²) in [5.74, 6) is 1.89. The maximum absolute atomic E-state index is 12.2. The first-order valence-corrected chi connectivity index (χ1v) is 8.92. The molecule has 1 saturated carbocycles. The Morgan fingerprint density at radius 1 is 1.29 bits per heavy atom. The SMILES string of the molecule is CCCCC1CCC(C(=O)OCc2cc(-c3ccco3)on2)CC1. The van der Waals surface area contributed by atoms with Crippen LogP contribution in [0.1, 0.15) is 57.6 Å². The molecule has 0 aliphatic heterocycles. The minimum Gasteiger partial charge on any atom is -0.461 e. The number of ether oxygens (including phenoxy) is 1. The Labute approximate surface area is 142 Å². The molecular weight excluding hydrogens is 306 g/mol. The summed E-state index contributed by atoms with van der Waals surface area (Å²) < 4.78 is 15.9. The van der Waals surface area contributed by atoms with E-state index in [2.05, 4.69) is 12.1 Å². The molecule has 24 heavy (non-hydrogen) atoms. The number of hydrogen-bond acceptors (Lipinski definition) is 5. The van der Waals surface area contributed by atoms with Crippen molar-refractivity contribution in [1.29, 1.82) is 0 Å². The van der Waals surface area contributed by atoms with E-state index in [-0.39, 0.29) is 18.5 Å². The fourth-order valence-corrected chi connectivity index (χ4v) is 3.36. The maximum Gasteiger partial charge on any atom is 0.309 e. The number of esters is 1. The predicted molar refractivity (Wildman–Crippen MR) is 89.0 cm³/mol. The highest BCUT2D eigenvalue weighted by molar-refractivity contribution is 5.72. The molecule has 0 spiro atoms. The zero-order valence-corrected chi connectivity index (χ0v) is 14.2. The molecule has 0 bridgehead atoms. The lowest BCUT2D eigenvalue weighted by atomic mass is 9.80. The molecule has 1 fully saturated rings. The zero-order chi connectivity index (χ0) is 16.8. The minimum atomic E-state index is -0.105. The first-order chi connectivity index (χ1) is 11.8. The zero-order valence-electron chi connectivity index (χ0n) is 14.2. The normalized spacial score (nSPS) is 20.9. The Morgan fingerprint density at radius 2 is 2.12 bits per heavy atom. The molecule has 3 rings (SSSR count). The molecule has 0 radical (unpaired) electrons. The van der Waals surface area contributed by atoms with Crippen LogP contribution in [-0.2, 0) is 16.1 Å². The fourth-order valence-electron chi connectivity index (χ4n) is 3.36. The van der Waals surface area contributed by atoms with Gasteiger partial charge in [-0.05, 0) is 43.7 Å². The Morgan fingerprint density at radius 3 is 2.83 bits per heavy atom.